The van der Waals surface area contributed by atoms with Crippen LogP contribution in [0.1, 0.15) is 44.9 Å². The van der Waals surface area contributed by atoms with E-state index in [1.807, 2.05) is 0 Å². The van der Waals surface area contributed by atoms with E-state index in [0.717, 1.165) is 35.6 Å². The standard InChI is InChI=1S/C16H30O3Si/c1-17-20(18-2,19-3)9-5-6-12-10-13-11-16(12)15-8-4-7-14(13)15/h12-16H,4-11H2,1-3H3. The van der Waals surface area contributed by atoms with Gasteiger partial charge in [-0.25, -0.2) is 0 Å². The largest absolute Gasteiger partial charge is 0.500 e. The second-order valence-electron chi connectivity index (χ2n) is 7.10. The number of fused-ring (bicyclic) bond motifs is 5. The van der Waals surface area contributed by atoms with Crippen molar-refractivity contribution >= 4 is 8.80 Å². The molecular formula is C16H30O3Si. The van der Waals surface area contributed by atoms with Crippen LogP contribution < -0.4 is 0 Å². The molecule has 2 bridgehead atoms. The fraction of sp³-hybridized carbons (Fsp3) is 1.00. The summed E-state index contributed by atoms with van der Waals surface area (Å²) in [4.78, 5) is 0. The lowest BCUT2D eigenvalue weighted by molar-refractivity contribution is 0.120. The third kappa shape index (κ3) is 2.49. The summed E-state index contributed by atoms with van der Waals surface area (Å²) in [7, 11) is 2.83. The highest BCUT2D eigenvalue weighted by atomic mass is 28.4. The van der Waals surface area contributed by atoms with Gasteiger partial charge in [-0.05, 0) is 61.7 Å². The van der Waals surface area contributed by atoms with Crippen molar-refractivity contribution in [3.8, 4) is 0 Å². The van der Waals surface area contributed by atoms with E-state index in [-0.39, 0.29) is 0 Å². The van der Waals surface area contributed by atoms with E-state index in [1.54, 1.807) is 27.8 Å². The molecule has 3 aliphatic carbocycles. The van der Waals surface area contributed by atoms with Gasteiger partial charge in [0, 0.05) is 27.4 Å². The van der Waals surface area contributed by atoms with Crippen molar-refractivity contribution in [2.45, 2.75) is 51.0 Å². The first-order valence-electron chi connectivity index (χ1n) is 8.38. The number of rotatable bonds is 7. The molecule has 116 valence electrons. The van der Waals surface area contributed by atoms with Gasteiger partial charge in [0.2, 0.25) is 0 Å². The molecule has 0 heterocycles. The Labute approximate surface area is 124 Å². The molecule has 3 fully saturated rings. The van der Waals surface area contributed by atoms with Crippen molar-refractivity contribution in [2.24, 2.45) is 29.6 Å². The Morgan fingerprint density at radius 2 is 1.60 bits per heavy atom. The quantitative estimate of drug-likeness (QED) is 0.671. The second-order valence-corrected chi connectivity index (χ2v) is 10.2. The van der Waals surface area contributed by atoms with E-state index in [2.05, 4.69) is 0 Å². The third-order valence-corrected chi connectivity index (χ3v) is 9.39. The van der Waals surface area contributed by atoms with Crippen molar-refractivity contribution < 1.29 is 13.3 Å². The summed E-state index contributed by atoms with van der Waals surface area (Å²) in [6.45, 7) is 0. The molecule has 3 rings (SSSR count). The van der Waals surface area contributed by atoms with Crippen molar-refractivity contribution in [1.82, 2.24) is 0 Å². The van der Waals surface area contributed by atoms with Crippen molar-refractivity contribution in [3.63, 3.8) is 0 Å². The molecule has 5 atom stereocenters. The minimum atomic E-state index is -2.34. The van der Waals surface area contributed by atoms with Gasteiger partial charge in [0.05, 0.1) is 0 Å². The lowest BCUT2D eigenvalue weighted by Crippen LogP contribution is -2.42. The molecule has 0 saturated heterocycles. The van der Waals surface area contributed by atoms with Gasteiger partial charge in [-0.1, -0.05) is 12.8 Å². The number of hydrogen-bond donors (Lipinski definition) is 0. The van der Waals surface area contributed by atoms with Crippen LogP contribution in [0.5, 0.6) is 0 Å². The highest BCUT2D eigenvalue weighted by molar-refractivity contribution is 6.60. The molecule has 20 heavy (non-hydrogen) atoms. The monoisotopic (exact) mass is 298 g/mol. The Hall–Kier alpha value is 0.0969. The first kappa shape index (κ1) is 15.0. The molecule has 0 aromatic carbocycles. The van der Waals surface area contributed by atoms with Gasteiger partial charge in [0.25, 0.3) is 0 Å². The van der Waals surface area contributed by atoms with E-state index >= 15 is 0 Å². The first-order valence-corrected chi connectivity index (χ1v) is 10.3. The summed E-state index contributed by atoms with van der Waals surface area (Å²) in [5.74, 6) is 5.31. The van der Waals surface area contributed by atoms with Gasteiger partial charge < -0.3 is 13.3 Å². The molecule has 0 radical (unpaired) electrons. The molecule has 4 heteroatoms. The highest BCUT2D eigenvalue weighted by Crippen LogP contribution is 2.61. The summed E-state index contributed by atoms with van der Waals surface area (Å²) >= 11 is 0. The zero-order valence-electron chi connectivity index (χ0n) is 13.3. The highest BCUT2D eigenvalue weighted by Gasteiger charge is 2.53. The molecule has 0 N–H and O–H groups in total. The van der Waals surface area contributed by atoms with Crippen molar-refractivity contribution in [2.75, 3.05) is 21.3 Å². The smallest absolute Gasteiger partial charge is 0.377 e. The van der Waals surface area contributed by atoms with Gasteiger partial charge in [-0.2, -0.15) is 0 Å². The summed E-state index contributed by atoms with van der Waals surface area (Å²) in [6, 6.07) is 0.971. The lowest BCUT2D eigenvalue weighted by atomic mass is 9.74. The van der Waals surface area contributed by atoms with Crippen LogP contribution in [0, 0.1) is 29.6 Å². The van der Waals surface area contributed by atoms with Gasteiger partial charge >= 0.3 is 8.80 Å². The molecule has 0 aliphatic heterocycles. The second kappa shape index (κ2) is 6.07. The predicted octanol–water partition coefficient (Wildman–Crippen LogP) is 3.72. The normalized spacial score (nSPS) is 39.5. The summed E-state index contributed by atoms with van der Waals surface area (Å²) in [5, 5.41) is 0. The molecular weight excluding hydrogens is 268 g/mol. The Bertz CT molecular complexity index is 323. The van der Waals surface area contributed by atoms with Crippen LogP contribution in [0.25, 0.3) is 0 Å². The molecule has 3 aliphatic rings. The summed E-state index contributed by atoms with van der Waals surface area (Å²) in [5.41, 5.74) is 0. The topological polar surface area (TPSA) is 27.7 Å². The van der Waals surface area contributed by atoms with Crippen LogP contribution in [0.2, 0.25) is 6.04 Å². The van der Waals surface area contributed by atoms with E-state index in [1.165, 1.54) is 38.5 Å². The number of hydrogen-bond acceptors (Lipinski definition) is 3. The third-order valence-electron chi connectivity index (χ3n) is 6.56. The molecule has 5 unspecified atom stereocenters. The van der Waals surface area contributed by atoms with Gasteiger partial charge in [0.1, 0.15) is 0 Å². The van der Waals surface area contributed by atoms with Gasteiger partial charge in [-0.3, -0.25) is 0 Å². The Kier molecular flexibility index (Phi) is 4.56. The van der Waals surface area contributed by atoms with Crippen LogP contribution >= 0.6 is 0 Å². The van der Waals surface area contributed by atoms with Crippen molar-refractivity contribution in [1.29, 1.82) is 0 Å². The first-order chi connectivity index (χ1) is 9.73. The maximum atomic E-state index is 5.53. The fourth-order valence-corrected chi connectivity index (χ4v) is 7.43. The lowest BCUT2D eigenvalue weighted by Gasteiger charge is -2.32. The SMILES string of the molecule is CO[Si](CCCC1CC2CC1C1CCCC21)(OC)OC. The maximum Gasteiger partial charge on any atom is 0.500 e. The fourth-order valence-electron chi connectivity index (χ4n) is 5.68. The summed E-state index contributed by atoms with van der Waals surface area (Å²) in [6.07, 6.45) is 10.2. The zero-order chi connectivity index (χ0) is 14.2. The van der Waals surface area contributed by atoms with Crippen LogP contribution in [-0.4, -0.2) is 30.1 Å². The van der Waals surface area contributed by atoms with E-state index < -0.39 is 8.80 Å². The van der Waals surface area contributed by atoms with Crippen molar-refractivity contribution in [3.05, 3.63) is 0 Å². The average molecular weight is 298 g/mol. The van der Waals surface area contributed by atoms with Gasteiger partial charge in [0.15, 0.2) is 0 Å². The minimum Gasteiger partial charge on any atom is -0.377 e. The molecule has 0 spiro atoms. The van der Waals surface area contributed by atoms with Crippen LogP contribution in [-0.2, 0) is 13.3 Å². The minimum absolute atomic E-state index is 0.971. The zero-order valence-corrected chi connectivity index (χ0v) is 14.3. The Morgan fingerprint density at radius 1 is 0.900 bits per heavy atom. The Balaban J connectivity index is 1.48. The average Bonchev–Trinajstić information content (AvgIpc) is 3.16. The molecule has 0 amide bonds. The molecule has 0 aromatic rings. The predicted molar refractivity (Wildman–Crippen MR) is 81.4 cm³/mol. The maximum absolute atomic E-state index is 5.53. The molecule has 3 saturated carbocycles. The molecule has 0 aromatic heterocycles. The van der Waals surface area contributed by atoms with Gasteiger partial charge in [-0.15, -0.1) is 0 Å². The van der Waals surface area contributed by atoms with E-state index in [0.29, 0.717) is 0 Å². The van der Waals surface area contributed by atoms with E-state index in [4.69, 9.17) is 13.3 Å². The van der Waals surface area contributed by atoms with E-state index in [9.17, 15) is 0 Å². The van der Waals surface area contributed by atoms with Crippen LogP contribution in [0.15, 0.2) is 0 Å². The summed E-state index contributed by atoms with van der Waals surface area (Å²) < 4.78 is 16.6. The Morgan fingerprint density at radius 3 is 2.30 bits per heavy atom. The molecule has 3 nitrogen and oxygen atoms in total. The van der Waals surface area contributed by atoms with Crippen LogP contribution in [0.3, 0.4) is 0 Å². The van der Waals surface area contributed by atoms with Crippen LogP contribution in [0.4, 0.5) is 0 Å².